The van der Waals surface area contributed by atoms with Crippen LogP contribution in [-0.4, -0.2) is 92.0 Å². The summed E-state index contributed by atoms with van der Waals surface area (Å²) in [6, 6.07) is 7.05. The predicted molar refractivity (Wildman–Crippen MR) is 118 cm³/mol. The number of sulfone groups is 1. The maximum atomic E-state index is 13.2. The summed E-state index contributed by atoms with van der Waals surface area (Å²) in [5, 5.41) is 0.513. The van der Waals surface area contributed by atoms with Crippen LogP contribution in [0.4, 0.5) is 0 Å². The van der Waals surface area contributed by atoms with Gasteiger partial charge < -0.3 is 23.8 Å². The third kappa shape index (κ3) is 4.82. The van der Waals surface area contributed by atoms with Crippen LogP contribution in [0, 0.1) is 0 Å². The molecule has 0 spiro atoms. The summed E-state index contributed by atoms with van der Waals surface area (Å²) in [6.45, 7) is 6.48. The third-order valence-corrected chi connectivity index (χ3v) is 7.46. The second-order valence-corrected chi connectivity index (χ2v) is 10.4. The van der Waals surface area contributed by atoms with Gasteiger partial charge in [0.25, 0.3) is 0 Å². The van der Waals surface area contributed by atoms with Crippen LogP contribution in [0.25, 0.3) is 10.9 Å². The Hall–Kier alpha value is -2.43. The topological polar surface area (TPSA) is 98.2 Å². The van der Waals surface area contributed by atoms with Crippen molar-refractivity contribution in [1.82, 2.24) is 14.4 Å². The molecular formula is C22H29N3O6S. The highest BCUT2D eigenvalue weighted by atomic mass is 32.2. The number of carbonyl (C=O) groups excluding carboxylic acids is 2. The smallest absolute Gasteiger partial charge is 0.242 e. The average Bonchev–Trinajstić information content (AvgIpc) is 3.13. The van der Waals surface area contributed by atoms with E-state index in [1.54, 1.807) is 33.7 Å². The first kappa shape index (κ1) is 22.8. The van der Waals surface area contributed by atoms with Gasteiger partial charge >= 0.3 is 0 Å². The Kier molecular flexibility index (Phi) is 6.55. The van der Waals surface area contributed by atoms with E-state index in [4.69, 9.17) is 9.47 Å². The van der Waals surface area contributed by atoms with E-state index in [-0.39, 0.29) is 29.6 Å². The highest BCUT2D eigenvalue weighted by Crippen LogP contribution is 2.27. The molecule has 2 fully saturated rings. The first-order valence-corrected chi connectivity index (χ1v) is 12.5. The number of morpholine rings is 2. The fourth-order valence-corrected chi connectivity index (χ4v) is 5.82. The molecule has 0 radical (unpaired) electrons. The number of fused-ring (bicyclic) bond motifs is 1. The lowest BCUT2D eigenvalue weighted by Gasteiger charge is -2.35. The molecule has 4 rings (SSSR count). The van der Waals surface area contributed by atoms with Crippen LogP contribution < -0.4 is 0 Å². The number of amides is 2. The van der Waals surface area contributed by atoms with Crippen LogP contribution in [0.1, 0.15) is 13.8 Å². The number of para-hydroxylation sites is 1. The zero-order chi connectivity index (χ0) is 22.9. The number of rotatable bonds is 5. The molecule has 2 atom stereocenters. The summed E-state index contributed by atoms with van der Waals surface area (Å²) in [6.07, 6.45) is 1.38. The second-order valence-electron chi connectivity index (χ2n) is 8.45. The molecule has 3 heterocycles. The molecule has 174 valence electrons. The van der Waals surface area contributed by atoms with Gasteiger partial charge in [-0.2, -0.15) is 0 Å². The van der Waals surface area contributed by atoms with Crippen LogP contribution in [0.5, 0.6) is 0 Å². The molecule has 9 nitrogen and oxygen atoms in total. The van der Waals surface area contributed by atoms with Gasteiger partial charge in [0.15, 0.2) is 9.84 Å². The Morgan fingerprint density at radius 1 is 1.00 bits per heavy atom. The molecule has 1 aromatic heterocycles. The summed E-state index contributed by atoms with van der Waals surface area (Å²) >= 11 is 0. The molecule has 0 N–H and O–H groups in total. The number of ether oxygens (including phenoxy) is 2. The molecule has 2 amide bonds. The molecule has 32 heavy (non-hydrogen) atoms. The van der Waals surface area contributed by atoms with Gasteiger partial charge in [-0.3, -0.25) is 9.59 Å². The molecule has 0 aliphatic carbocycles. The lowest BCUT2D eigenvalue weighted by molar-refractivity contribution is -0.143. The van der Waals surface area contributed by atoms with E-state index in [1.165, 1.54) is 11.1 Å². The van der Waals surface area contributed by atoms with Crippen molar-refractivity contribution in [3.8, 4) is 0 Å². The number of benzene rings is 1. The largest absolute Gasteiger partial charge is 0.378 e. The standard InChI is InChI=1S/C22H29N3O6S/c1-16-11-25(12-17(2)31-16)21(26)14-24-13-20(18-5-3-4-6-19(18)24)32(28,29)15-22(27)23-7-9-30-10-8-23/h3-6,13,16-17H,7-12,14-15H2,1-2H3/t16-,17+. The summed E-state index contributed by atoms with van der Waals surface area (Å²) in [7, 11) is -3.89. The number of carbonyl (C=O) groups is 2. The second kappa shape index (κ2) is 9.21. The Labute approximate surface area is 187 Å². The molecule has 0 unspecified atom stereocenters. The molecule has 1 aromatic carbocycles. The normalized spacial score (nSPS) is 22.3. The molecular weight excluding hydrogens is 434 g/mol. The van der Waals surface area contributed by atoms with Crippen molar-refractivity contribution in [2.75, 3.05) is 45.1 Å². The van der Waals surface area contributed by atoms with Crippen molar-refractivity contribution in [1.29, 1.82) is 0 Å². The Morgan fingerprint density at radius 2 is 1.66 bits per heavy atom. The molecule has 2 saturated heterocycles. The highest BCUT2D eigenvalue weighted by Gasteiger charge is 2.29. The van der Waals surface area contributed by atoms with E-state index in [0.717, 1.165) is 0 Å². The van der Waals surface area contributed by atoms with E-state index in [9.17, 15) is 18.0 Å². The zero-order valence-electron chi connectivity index (χ0n) is 18.4. The van der Waals surface area contributed by atoms with Gasteiger partial charge in [-0.15, -0.1) is 0 Å². The SMILES string of the molecule is C[C@@H]1CN(C(=O)Cn2cc(S(=O)(=O)CC(=O)N3CCOCC3)c3ccccc32)C[C@H](C)O1. The minimum Gasteiger partial charge on any atom is -0.378 e. The van der Waals surface area contributed by atoms with E-state index in [1.807, 2.05) is 13.8 Å². The van der Waals surface area contributed by atoms with Crippen molar-refractivity contribution < 1.29 is 27.5 Å². The van der Waals surface area contributed by atoms with E-state index in [0.29, 0.717) is 50.3 Å². The number of nitrogens with zero attached hydrogens (tertiary/aromatic N) is 3. The van der Waals surface area contributed by atoms with Crippen molar-refractivity contribution in [2.45, 2.75) is 37.5 Å². The molecule has 0 saturated carbocycles. The molecule has 2 aromatic rings. The van der Waals surface area contributed by atoms with Gasteiger partial charge in [-0.25, -0.2) is 8.42 Å². The molecule has 0 bridgehead atoms. The minimum atomic E-state index is -3.89. The van der Waals surface area contributed by atoms with Crippen molar-refractivity contribution >= 4 is 32.6 Å². The van der Waals surface area contributed by atoms with Crippen molar-refractivity contribution in [3.05, 3.63) is 30.5 Å². The third-order valence-electron chi connectivity index (χ3n) is 5.84. The zero-order valence-corrected chi connectivity index (χ0v) is 19.2. The average molecular weight is 464 g/mol. The van der Waals surface area contributed by atoms with E-state index in [2.05, 4.69) is 0 Å². The van der Waals surface area contributed by atoms with Crippen LogP contribution in [-0.2, 0) is 35.4 Å². The lowest BCUT2D eigenvalue weighted by atomic mass is 10.2. The Bertz CT molecular complexity index is 1100. The maximum Gasteiger partial charge on any atom is 0.242 e. The van der Waals surface area contributed by atoms with E-state index >= 15 is 0 Å². The fourth-order valence-electron chi connectivity index (χ4n) is 4.36. The quantitative estimate of drug-likeness (QED) is 0.654. The Balaban J connectivity index is 1.58. The highest BCUT2D eigenvalue weighted by molar-refractivity contribution is 7.92. The summed E-state index contributed by atoms with van der Waals surface area (Å²) in [5.41, 5.74) is 0.646. The van der Waals surface area contributed by atoms with Crippen LogP contribution in [0.2, 0.25) is 0 Å². The van der Waals surface area contributed by atoms with Gasteiger partial charge in [-0.05, 0) is 19.9 Å². The van der Waals surface area contributed by atoms with Gasteiger partial charge in [0.2, 0.25) is 11.8 Å². The first-order chi connectivity index (χ1) is 15.2. The summed E-state index contributed by atoms with van der Waals surface area (Å²) < 4.78 is 39.0. The summed E-state index contributed by atoms with van der Waals surface area (Å²) in [5.74, 6) is -1.13. The summed E-state index contributed by atoms with van der Waals surface area (Å²) in [4.78, 5) is 28.9. The van der Waals surface area contributed by atoms with Crippen molar-refractivity contribution in [3.63, 3.8) is 0 Å². The monoisotopic (exact) mass is 463 g/mol. The molecule has 2 aliphatic rings. The van der Waals surface area contributed by atoms with Crippen LogP contribution in [0.3, 0.4) is 0 Å². The maximum absolute atomic E-state index is 13.2. The van der Waals surface area contributed by atoms with Gasteiger partial charge in [-0.1, -0.05) is 18.2 Å². The lowest BCUT2D eigenvalue weighted by Crippen LogP contribution is -2.49. The van der Waals surface area contributed by atoms with Crippen molar-refractivity contribution in [2.24, 2.45) is 0 Å². The van der Waals surface area contributed by atoms with Gasteiger partial charge in [0.05, 0.1) is 30.3 Å². The van der Waals surface area contributed by atoms with E-state index < -0.39 is 21.5 Å². The predicted octanol–water partition coefficient (Wildman–Crippen LogP) is 0.910. The molecule has 2 aliphatic heterocycles. The Morgan fingerprint density at radius 3 is 2.34 bits per heavy atom. The molecule has 10 heteroatoms. The minimum absolute atomic E-state index is 0.0207. The van der Waals surface area contributed by atoms with Crippen LogP contribution >= 0.6 is 0 Å². The van der Waals surface area contributed by atoms with Crippen LogP contribution in [0.15, 0.2) is 35.4 Å². The number of aromatic nitrogens is 1. The van der Waals surface area contributed by atoms with Gasteiger partial charge in [0.1, 0.15) is 12.3 Å². The number of hydrogen-bond donors (Lipinski definition) is 0. The fraction of sp³-hybridized carbons (Fsp3) is 0.545. The first-order valence-electron chi connectivity index (χ1n) is 10.8. The van der Waals surface area contributed by atoms with Gasteiger partial charge in [0, 0.05) is 43.3 Å². The number of hydrogen-bond acceptors (Lipinski definition) is 6.